The highest BCUT2D eigenvalue weighted by molar-refractivity contribution is 8.00. The SMILES string of the molecule is COC(=O)N[C@H]1CC[C@@H]2SC[C@@H](c3ncc(-c4ccc(-c5ccc(-c6cnc(C7CCCC7)[nH]6)cc5)cc4)[nH]3)N2C1=O. The number of H-pyrrole nitrogens is 2. The number of ether oxygens (including phenoxy) is 1. The lowest BCUT2D eigenvalue weighted by Gasteiger charge is -2.36. The Hall–Kier alpha value is -4.05. The molecule has 0 unspecified atom stereocenters. The van der Waals surface area contributed by atoms with Crippen LogP contribution >= 0.6 is 11.8 Å². The Morgan fingerprint density at radius 3 is 2.05 bits per heavy atom. The number of aromatic nitrogens is 4. The van der Waals surface area contributed by atoms with Crippen molar-refractivity contribution in [3.8, 4) is 33.6 Å². The van der Waals surface area contributed by atoms with Crippen molar-refractivity contribution >= 4 is 23.8 Å². The number of carbonyl (C=O) groups excluding carboxylic acids is 2. The van der Waals surface area contributed by atoms with Crippen molar-refractivity contribution in [1.29, 1.82) is 0 Å². The first-order valence-electron chi connectivity index (χ1n) is 14.7. The Balaban J connectivity index is 1.03. The van der Waals surface area contributed by atoms with Gasteiger partial charge in [-0.3, -0.25) is 4.79 Å². The van der Waals surface area contributed by atoms with Crippen molar-refractivity contribution in [3.63, 3.8) is 0 Å². The van der Waals surface area contributed by atoms with Gasteiger partial charge >= 0.3 is 6.09 Å². The molecule has 3 N–H and O–H groups in total. The third kappa shape index (κ3) is 5.08. The average Bonchev–Trinajstić information content (AvgIpc) is 3.85. The highest BCUT2D eigenvalue weighted by atomic mass is 32.2. The zero-order chi connectivity index (χ0) is 28.6. The van der Waals surface area contributed by atoms with Crippen LogP contribution in [0.4, 0.5) is 4.79 Å². The molecule has 3 aliphatic rings. The first-order valence-corrected chi connectivity index (χ1v) is 15.7. The Morgan fingerprint density at radius 1 is 0.857 bits per heavy atom. The molecule has 0 bridgehead atoms. The monoisotopic (exact) mass is 582 g/mol. The van der Waals surface area contributed by atoms with Crippen LogP contribution in [0.1, 0.15) is 62.1 Å². The summed E-state index contributed by atoms with van der Waals surface area (Å²) in [6, 6.07) is 16.3. The molecule has 1 saturated carbocycles. The van der Waals surface area contributed by atoms with Gasteiger partial charge in [-0.05, 0) is 47.9 Å². The second-order valence-electron chi connectivity index (χ2n) is 11.3. The molecule has 3 fully saturated rings. The smallest absolute Gasteiger partial charge is 0.407 e. The van der Waals surface area contributed by atoms with E-state index in [1.807, 2.05) is 17.3 Å². The molecule has 3 atom stereocenters. The number of nitrogens with one attached hydrogen (secondary N) is 3. The van der Waals surface area contributed by atoms with Gasteiger partial charge in [-0.2, -0.15) is 0 Å². The minimum absolute atomic E-state index is 0.0817. The van der Waals surface area contributed by atoms with E-state index >= 15 is 0 Å². The van der Waals surface area contributed by atoms with Crippen LogP contribution in [0.2, 0.25) is 0 Å². The van der Waals surface area contributed by atoms with Crippen LogP contribution in [0.3, 0.4) is 0 Å². The maximum Gasteiger partial charge on any atom is 0.407 e. The summed E-state index contributed by atoms with van der Waals surface area (Å²) < 4.78 is 4.71. The molecule has 9 nitrogen and oxygen atoms in total. The second-order valence-corrected chi connectivity index (χ2v) is 12.5. The minimum Gasteiger partial charge on any atom is -0.453 e. The summed E-state index contributed by atoms with van der Waals surface area (Å²) in [5.74, 6) is 3.15. The lowest BCUT2D eigenvalue weighted by molar-refractivity contribution is -0.138. The summed E-state index contributed by atoms with van der Waals surface area (Å²) >= 11 is 1.77. The van der Waals surface area contributed by atoms with Crippen LogP contribution in [0, 0.1) is 0 Å². The number of alkyl carbamates (subject to hydrolysis) is 1. The molecule has 2 aromatic carbocycles. The molecule has 4 aromatic rings. The zero-order valence-corrected chi connectivity index (χ0v) is 24.3. The lowest BCUT2D eigenvalue weighted by atomic mass is 10.0. The second kappa shape index (κ2) is 11.3. The van der Waals surface area contributed by atoms with Crippen LogP contribution in [0.5, 0.6) is 0 Å². The predicted molar refractivity (Wildman–Crippen MR) is 163 cm³/mol. The Kier molecular flexibility index (Phi) is 7.23. The maximum absolute atomic E-state index is 13.2. The summed E-state index contributed by atoms with van der Waals surface area (Å²) in [6.45, 7) is 0. The summed E-state index contributed by atoms with van der Waals surface area (Å²) in [5.41, 5.74) is 6.44. The molecule has 2 amide bonds. The van der Waals surface area contributed by atoms with Crippen LogP contribution in [0.15, 0.2) is 60.9 Å². The normalized spacial score (nSPS) is 22.4. The summed E-state index contributed by atoms with van der Waals surface area (Å²) in [6.07, 6.45) is 9.70. The van der Waals surface area contributed by atoms with Gasteiger partial charge in [-0.25, -0.2) is 14.8 Å². The lowest BCUT2D eigenvalue weighted by Crippen LogP contribution is -2.54. The third-order valence-electron chi connectivity index (χ3n) is 8.80. The molecule has 2 aromatic heterocycles. The topological polar surface area (TPSA) is 116 Å². The zero-order valence-electron chi connectivity index (χ0n) is 23.5. The van der Waals surface area contributed by atoms with Gasteiger partial charge in [-0.1, -0.05) is 61.4 Å². The molecule has 7 rings (SSSR count). The molecule has 42 heavy (non-hydrogen) atoms. The molecule has 0 spiro atoms. The van der Waals surface area contributed by atoms with Crippen molar-refractivity contribution in [2.24, 2.45) is 0 Å². The van der Waals surface area contributed by atoms with Gasteiger partial charge in [0.25, 0.3) is 0 Å². The van der Waals surface area contributed by atoms with Crippen LogP contribution < -0.4 is 5.32 Å². The van der Waals surface area contributed by atoms with Crippen molar-refractivity contribution < 1.29 is 14.3 Å². The van der Waals surface area contributed by atoms with Crippen molar-refractivity contribution in [3.05, 3.63) is 72.6 Å². The number of aromatic amines is 2. The fourth-order valence-corrected chi connectivity index (χ4v) is 7.90. The molecule has 10 heteroatoms. The van der Waals surface area contributed by atoms with Crippen LogP contribution in [0.25, 0.3) is 33.6 Å². The van der Waals surface area contributed by atoms with E-state index in [1.54, 1.807) is 11.8 Å². The first-order chi connectivity index (χ1) is 20.6. The predicted octanol–water partition coefficient (Wildman–Crippen LogP) is 6.25. The van der Waals surface area contributed by atoms with Crippen molar-refractivity contribution in [2.75, 3.05) is 12.9 Å². The van der Waals surface area contributed by atoms with Crippen molar-refractivity contribution in [1.82, 2.24) is 30.2 Å². The van der Waals surface area contributed by atoms with Crippen LogP contribution in [-0.4, -0.2) is 61.1 Å². The van der Waals surface area contributed by atoms with Gasteiger partial charge in [0.2, 0.25) is 5.91 Å². The number of imidazole rings is 2. The number of hydrogen-bond acceptors (Lipinski definition) is 6. The van der Waals surface area contributed by atoms with Gasteiger partial charge in [0.05, 0.1) is 42.3 Å². The van der Waals surface area contributed by atoms with Gasteiger partial charge in [-0.15, -0.1) is 11.8 Å². The average molecular weight is 583 g/mol. The Labute approximate surface area is 248 Å². The maximum atomic E-state index is 13.2. The van der Waals surface area contributed by atoms with Crippen molar-refractivity contribution in [2.45, 2.75) is 61.9 Å². The number of benzene rings is 2. The van der Waals surface area contributed by atoms with E-state index in [9.17, 15) is 9.59 Å². The third-order valence-corrected chi connectivity index (χ3v) is 10.2. The fraction of sp³-hybridized carbons (Fsp3) is 0.375. The van der Waals surface area contributed by atoms with E-state index in [1.165, 1.54) is 32.8 Å². The highest BCUT2D eigenvalue weighted by Crippen LogP contribution is 2.43. The highest BCUT2D eigenvalue weighted by Gasteiger charge is 2.46. The standard InChI is InChI=1S/C32H34N6O3S/c1-41-32(40)37-24-14-15-28-38(31(24)39)27(18-42-28)30-34-17-26(36-30)22-12-8-20(9-13-22)19-6-10-21(11-7-19)25-16-33-29(35-25)23-4-2-3-5-23/h6-13,16-17,23-24,27-28H,2-5,14-15,18H2,1H3,(H,33,35)(H,34,36)(H,37,40)/t24-,27-,28-/m0/s1. The van der Waals surface area contributed by atoms with Gasteiger partial charge in [0.1, 0.15) is 17.7 Å². The van der Waals surface area contributed by atoms with E-state index in [2.05, 4.69) is 73.8 Å². The van der Waals surface area contributed by atoms with Gasteiger partial charge < -0.3 is 24.9 Å². The number of hydrogen-bond donors (Lipinski definition) is 3. The van der Waals surface area contributed by atoms with E-state index in [0.29, 0.717) is 12.3 Å². The Bertz CT molecular complexity index is 1570. The molecular weight excluding hydrogens is 548 g/mol. The molecule has 216 valence electrons. The number of fused-ring (bicyclic) bond motifs is 1. The molecule has 2 aliphatic heterocycles. The number of rotatable bonds is 6. The molecule has 0 radical (unpaired) electrons. The summed E-state index contributed by atoms with van der Waals surface area (Å²) in [7, 11) is 1.31. The largest absolute Gasteiger partial charge is 0.453 e. The van der Waals surface area contributed by atoms with E-state index in [4.69, 9.17) is 4.74 Å². The number of methoxy groups -OCH3 is 1. The number of nitrogens with zero attached hydrogens (tertiary/aromatic N) is 3. The Morgan fingerprint density at radius 2 is 1.43 bits per heavy atom. The minimum atomic E-state index is -0.583. The number of carbonyl (C=O) groups is 2. The number of amides is 2. The van der Waals surface area contributed by atoms with Crippen LogP contribution in [-0.2, 0) is 9.53 Å². The molecule has 2 saturated heterocycles. The molecule has 1 aliphatic carbocycles. The van der Waals surface area contributed by atoms with E-state index in [-0.39, 0.29) is 17.3 Å². The summed E-state index contributed by atoms with van der Waals surface area (Å²) in [4.78, 5) is 43.2. The summed E-state index contributed by atoms with van der Waals surface area (Å²) in [5, 5.41) is 2.78. The molecule has 4 heterocycles. The number of piperidine rings is 1. The number of thioether (sulfide) groups is 1. The first kappa shape index (κ1) is 26.8. The van der Waals surface area contributed by atoms with Gasteiger partial charge in [0, 0.05) is 11.7 Å². The van der Waals surface area contributed by atoms with E-state index in [0.717, 1.165) is 57.5 Å². The molecular formula is C32H34N6O3S. The van der Waals surface area contributed by atoms with Gasteiger partial charge in [0.15, 0.2) is 0 Å². The fourth-order valence-electron chi connectivity index (χ4n) is 6.47. The quantitative estimate of drug-likeness (QED) is 0.247. The van der Waals surface area contributed by atoms with E-state index < -0.39 is 12.1 Å².